The van der Waals surface area contributed by atoms with Crippen molar-refractivity contribution in [1.29, 1.82) is 0 Å². The number of aromatic amines is 1. The molecule has 1 N–H and O–H groups in total. The molecule has 0 unspecified atom stereocenters. The summed E-state index contributed by atoms with van der Waals surface area (Å²) in [5.41, 5.74) is 3.10. The van der Waals surface area contributed by atoms with Crippen molar-refractivity contribution in [2.24, 2.45) is 0 Å². The van der Waals surface area contributed by atoms with Gasteiger partial charge in [0.05, 0.1) is 34.8 Å². The number of nitrogens with one attached hydrogen (secondary N) is 1. The second kappa shape index (κ2) is 7.00. The van der Waals surface area contributed by atoms with Crippen LogP contribution in [0.1, 0.15) is 17.1 Å². The van der Waals surface area contributed by atoms with E-state index >= 15 is 0 Å². The molecular formula is C17H16BrN7S. The van der Waals surface area contributed by atoms with Gasteiger partial charge in [0.1, 0.15) is 6.54 Å². The molecule has 0 atom stereocenters. The van der Waals surface area contributed by atoms with E-state index in [9.17, 15) is 0 Å². The van der Waals surface area contributed by atoms with Crippen LogP contribution >= 0.6 is 28.1 Å². The number of nitrogens with zero attached hydrogens (tertiary/aromatic N) is 6. The highest BCUT2D eigenvalue weighted by Crippen LogP contribution is 2.17. The van der Waals surface area contributed by atoms with Gasteiger partial charge in [-0.2, -0.15) is 15.3 Å². The molecule has 3 aromatic heterocycles. The minimum Gasteiger partial charge on any atom is -0.267 e. The lowest BCUT2D eigenvalue weighted by Gasteiger charge is -2.06. The summed E-state index contributed by atoms with van der Waals surface area (Å²) in [5, 5.41) is 16.1. The van der Waals surface area contributed by atoms with E-state index in [0.29, 0.717) is 17.9 Å². The number of hydrogen-bond acceptors (Lipinski definition) is 4. The molecule has 0 fully saturated rings. The standard InChI is InChI=1S/C17H16BrN7S/c1-12-15(18)8-20-24(12)11-16-21-22-17(26)25(16)14-7-19-23(10-14)9-13-5-3-2-4-6-13/h2-8,10H,9,11H2,1H3,(H,22,26). The average Bonchev–Trinajstić information content (AvgIpc) is 3.32. The zero-order valence-electron chi connectivity index (χ0n) is 14.0. The zero-order valence-corrected chi connectivity index (χ0v) is 16.4. The number of rotatable bonds is 5. The summed E-state index contributed by atoms with van der Waals surface area (Å²) in [6.45, 7) is 3.21. The van der Waals surface area contributed by atoms with Gasteiger partial charge in [0.2, 0.25) is 0 Å². The lowest BCUT2D eigenvalue weighted by atomic mass is 10.2. The van der Waals surface area contributed by atoms with E-state index in [4.69, 9.17) is 12.2 Å². The fraction of sp³-hybridized carbons (Fsp3) is 0.176. The third-order valence-electron chi connectivity index (χ3n) is 4.14. The molecule has 4 rings (SSSR count). The van der Waals surface area contributed by atoms with E-state index in [2.05, 4.69) is 48.5 Å². The summed E-state index contributed by atoms with van der Waals surface area (Å²) in [5.74, 6) is 0.771. The van der Waals surface area contributed by atoms with Gasteiger partial charge in [0.15, 0.2) is 10.6 Å². The monoisotopic (exact) mass is 429 g/mol. The van der Waals surface area contributed by atoms with Crippen molar-refractivity contribution in [3.8, 4) is 5.69 Å². The van der Waals surface area contributed by atoms with E-state index < -0.39 is 0 Å². The van der Waals surface area contributed by atoms with Crippen molar-refractivity contribution in [1.82, 2.24) is 34.3 Å². The Labute approximate surface area is 163 Å². The number of H-pyrrole nitrogens is 1. The van der Waals surface area contributed by atoms with Gasteiger partial charge in [0, 0.05) is 6.20 Å². The molecule has 0 aliphatic heterocycles. The fourth-order valence-corrected chi connectivity index (χ4v) is 3.30. The minimum absolute atomic E-state index is 0.508. The zero-order chi connectivity index (χ0) is 18.1. The van der Waals surface area contributed by atoms with Gasteiger partial charge < -0.3 is 0 Å². The van der Waals surface area contributed by atoms with E-state index in [1.54, 1.807) is 12.4 Å². The van der Waals surface area contributed by atoms with Crippen LogP contribution in [0.2, 0.25) is 0 Å². The van der Waals surface area contributed by atoms with Gasteiger partial charge in [-0.25, -0.2) is 0 Å². The highest BCUT2D eigenvalue weighted by molar-refractivity contribution is 9.10. The number of benzene rings is 1. The molecular weight excluding hydrogens is 414 g/mol. The predicted octanol–water partition coefficient (Wildman–Crippen LogP) is 3.49. The van der Waals surface area contributed by atoms with E-state index in [-0.39, 0.29) is 0 Å². The van der Waals surface area contributed by atoms with Crippen LogP contribution in [-0.2, 0) is 13.1 Å². The Morgan fingerprint density at radius 1 is 1.12 bits per heavy atom. The second-order valence-electron chi connectivity index (χ2n) is 5.90. The van der Waals surface area contributed by atoms with Gasteiger partial charge in [-0.1, -0.05) is 30.3 Å². The highest BCUT2D eigenvalue weighted by atomic mass is 79.9. The normalized spacial score (nSPS) is 11.2. The van der Waals surface area contributed by atoms with Crippen LogP contribution in [0.4, 0.5) is 0 Å². The molecule has 0 bridgehead atoms. The van der Waals surface area contributed by atoms with Crippen LogP contribution < -0.4 is 0 Å². The smallest absolute Gasteiger partial charge is 0.200 e. The number of aromatic nitrogens is 7. The van der Waals surface area contributed by atoms with E-state index in [1.165, 1.54) is 5.56 Å². The Balaban J connectivity index is 1.63. The topological polar surface area (TPSA) is 69.2 Å². The highest BCUT2D eigenvalue weighted by Gasteiger charge is 2.13. The third kappa shape index (κ3) is 3.27. The lowest BCUT2D eigenvalue weighted by molar-refractivity contribution is 0.626. The van der Waals surface area contributed by atoms with E-state index in [1.807, 2.05) is 45.3 Å². The fourth-order valence-electron chi connectivity index (χ4n) is 2.74. The number of halogens is 1. The van der Waals surface area contributed by atoms with Gasteiger partial charge in [-0.05, 0) is 40.6 Å². The first kappa shape index (κ1) is 16.9. The third-order valence-corrected chi connectivity index (χ3v) is 5.19. The molecule has 26 heavy (non-hydrogen) atoms. The quantitative estimate of drug-likeness (QED) is 0.493. The molecule has 1 aromatic carbocycles. The van der Waals surface area contributed by atoms with Crippen LogP contribution in [0.25, 0.3) is 5.69 Å². The van der Waals surface area contributed by atoms with Crippen molar-refractivity contribution < 1.29 is 0 Å². The minimum atomic E-state index is 0.508. The van der Waals surface area contributed by atoms with Crippen molar-refractivity contribution in [3.05, 3.63) is 75.2 Å². The average molecular weight is 430 g/mol. The summed E-state index contributed by atoms with van der Waals surface area (Å²) in [6.07, 6.45) is 5.54. The van der Waals surface area contributed by atoms with Crippen LogP contribution in [0.15, 0.2) is 53.4 Å². The lowest BCUT2D eigenvalue weighted by Crippen LogP contribution is -2.10. The molecule has 0 saturated carbocycles. The Kier molecular flexibility index (Phi) is 4.56. The maximum Gasteiger partial charge on any atom is 0.200 e. The SMILES string of the molecule is Cc1c(Br)cnn1Cc1n[nH]c(=S)n1-c1cnn(Cc2ccccc2)c1. The molecule has 132 valence electrons. The summed E-state index contributed by atoms with van der Waals surface area (Å²) in [7, 11) is 0. The van der Waals surface area contributed by atoms with Crippen LogP contribution in [0.5, 0.6) is 0 Å². The Morgan fingerprint density at radius 3 is 2.65 bits per heavy atom. The molecule has 0 aliphatic rings. The van der Waals surface area contributed by atoms with Crippen molar-refractivity contribution in [2.45, 2.75) is 20.0 Å². The summed E-state index contributed by atoms with van der Waals surface area (Å²) < 4.78 is 7.15. The van der Waals surface area contributed by atoms with Gasteiger partial charge in [-0.15, -0.1) is 0 Å². The maximum atomic E-state index is 5.42. The first-order chi connectivity index (χ1) is 12.6. The predicted molar refractivity (Wildman–Crippen MR) is 104 cm³/mol. The molecule has 4 aromatic rings. The van der Waals surface area contributed by atoms with E-state index in [0.717, 1.165) is 21.7 Å². The van der Waals surface area contributed by atoms with Crippen LogP contribution in [-0.4, -0.2) is 34.3 Å². The molecule has 0 spiro atoms. The second-order valence-corrected chi connectivity index (χ2v) is 7.14. The first-order valence-corrected chi connectivity index (χ1v) is 9.23. The van der Waals surface area contributed by atoms with Gasteiger partial charge in [0.25, 0.3) is 0 Å². The van der Waals surface area contributed by atoms with Crippen molar-refractivity contribution in [3.63, 3.8) is 0 Å². The van der Waals surface area contributed by atoms with Gasteiger partial charge in [-0.3, -0.25) is 19.0 Å². The molecule has 0 radical (unpaired) electrons. The molecule has 0 amide bonds. The molecule has 7 nitrogen and oxygen atoms in total. The molecule has 0 saturated heterocycles. The Hall–Kier alpha value is -2.52. The summed E-state index contributed by atoms with van der Waals surface area (Å²) >= 11 is 8.90. The van der Waals surface area contributed by atoms with Crippen molar-refractivity contribution >= 4 is 28.1 Å². The first-order valence-electron chi connectivity index (χ1n) is 8.03. The van der Waals surface area contributed by atoms with Crippen LogP contribution in [0, 0.1) is 11.7 Å². The Bertz CT molecular complexity index is 1090. The summed E-state index contributed by atoms with van der Waals surface area (Å²) in [4.78, 5) is 0. The van der Waals surface area contributed by atoms with Crippen LogP contribution in [0.3, 0.4) is 0 Å². The number of hydrogen-bond donors (Lipinski definition) is 1. The molecule has 3 heterocycles. The molecule has 9 heteroatoms. The molecule has 0 aliphatic carbocycles. The van der Waals surface area contributed by atoms with Gasteiger partial charge >= 0.3 is 0 Å². The largest absolute Gasteiger partial charge is 0.267 e. The summed E-state index contributed by atoms with van der Waals surface area (Å²) in [6, 6.07) is 10.2. The maximum absolute atomic E-state index is 5.42. The van der Waals surface area contributed by atoms with Crippen molar-refractivity contribution in [2.75, 3.05) is 0 Å². The Morgan fingerprint density at radius 2 is 1.92 bits per heavy atom.